The predicted octanol–water partition coefficient (Wildman–Crippen LogP) is 1.67. The third-order valence-electron chi connectivity index (χ3n) is 1.66. The molecule has 15 heavy (non-hydrogen) atoms. The van der Waals surface area contributed by atoms with Crippen LogP contribution < -0.4 is 0 Å². The molecule has 1 aromatic rings. The molecule has 0 saturated carbocycles. The largest absolute Gasteiger partial charge is 0.478 e. The van der Waals surface area contributed by atoms with Gasteiger partial charge in [-0.2, -0.15) is 0 Å². The van der Waals surface area contributed by atoms with Crippen molar-refractivity contribution in [1.29, 1.82) is 0 Å². The van der Waals surface area contributed by atoms with Crippen LogP contribution in [0.15, 0.2) is 18.2 Å². The van der Waals surface area contributed by atoms with Gasteiger partial charge >= 0.3 is 5.97 Å². The van der Waals surface area contributed by atoms with Gasteiger partial charge in [-0.3, -0.25) is 0 Å². The molecule has 0 atom stereocenters. The highest BCUT2D eigenvalue weighted by Gasteiger charge is 2.06. The van der Waals surface area contributed by atoms with Gasteiger partial charge in [-0.1, -0.05) is 5.92 Å². The number of halogens is 1. The van der Waals surface area contributed by atoms with Crippen LogP contribution in [0.25, 0.3) is 0 Å². The van der Waals surface area contributed by atoms with Gasteiger partial charge in [0.1, 0.15) is 12.4 Å². The molecule has 0 amide bonds. The number of aromatic carboxylic acids is 1. The van der Waals surface area contributed by atoms with E-state index < -0.39 is 11.8 Å². The zero-order valence-electron chi connectivity index (χ0n) is 7.87. The fourth-order valence-corrected chi connectivity index (χ4v) is 1.09. The van der Waals surface area contributed by atoms with Crippen molar-refractivity contribution in [2.45, 2.75) is 6.61 Å². The Labute approximate surface area is 86.5 Å². The highest BCUT2D eigenvalue weighted by atomic mass is 19.1. The normalized spacial score (nSPS) is 9.60. The first-order valence-corrected chi connectivity index (χ1v) is 4.17. The first-order chi connectivity index (χ1) is 7.13. The lowest BCUT2D eigenvalue weighted by atomic mass is 10.1. The fraction of sp³-hybridized carbons (Fsp3) is 0.182. The van der Waals surface area contributed by atoms with Gasteiger partial charge < -0.3 is 9.84 Å². The first kappa shape index (κ1) is 11.2. The fourth-order valence-electron chi connectivity index (χ4n) is 1.09. The molecule has 78 valence electrons. The molecule has 1 aromatic carbocycles. The van der Waals surface area contributed by atoms with Gasteiger partial charge in [0.2, 0.25) is 0 Å². The molecular formula is C11H9FO3. The zero-order chi connectivity index (χ0) is 11.3. The number of terminal acetylenes is 1. The quantitative estimate of drug-likeness (QED) is 0.604. The molecule has 0 aromatic heterocycles. The Morgan fingerprint density at radius 1 is 1.53 bits per heavy atom. The van der Waals surface area contributed by atoms with Gasteiger partial charge in [-0.25, -0.2) is 9.18 Å². The molecule has 0 aliphatic heterocycles. The van der Waals surface area contributed by atoms with E-state index in [-0.39, 0.29) is 18.8 Å². The number of ether oxygens (including phenoxy) is 1. The van der Waals surface area contributed by atoms with Crippen molar-refractivity contribution >= 4 is 5.97 Å². The van der Waals surface area contributed by atoms with Gasteiger partial charge in [-0.05, 0) is 23.8 Å². The molecule has 0 aliphatic carbocycles. The van der Waals surface area contributed by atoms with Crippen molar-refractivity contribution in [3.8, 4) is 12.3 Å². The third kappa shape index (κ3) is 3.41. The van der Waals surface area contributed by atoms with Crippen LogP contribution in [0.5, 0.6) is 0 Å². The molecule has 3 nitrogen and oxygen atoms in total. The van der Waals surface area contributed by atoms with Crippen LogP contribution in [0.3, 0.4) is 0 Å². The monoisotopic (exact) mass is 208 g/mol. The zero-order valence-corrected chi connectivity index (χ0v) is 7.87. The van der Waals surface area contributed by atoms with E-state index in [9.17, 15) is 9.18 Å². The molecule has 1 rings (SSSR count). The second-order valence-electron chi connectivity index (χ2n) is 2.85. The molecule has 4 heteroatoms. The van der Waals surface area contributed by atoms with Crippen LogP contribution in [0.1, 0.15) is 15.9 Å². The van der Waals surface area contributed by atoms with E-state index in [1.165, 1.54) is 12.1 Å². The number of rotatable bonds is 4. The molecule has 0 aliphatic rings. The molecule has 0 radical (unpaired) electrons. The van der Waals surface area contributed by atoms with Crippen LogP contribution >= 0.6 is 0 Å². The topological polar surface area (TPSA) is 46.5 Å². The summed E-state index contributed by atoms with van der Waals surface area (Å²) in [6, 6.07) is 3.51. The minimum absolute atomic E-state index is 0.0994. The minimum Gasteiger partial charge on any atom is -0.478 e. The Balaban J connectivity index is 2.80. The lowest BCUT2D eigenvalue weighted by Crippen LogP contribution is -2.00. The van der Waals surface area contributed by atoms with Crippen LogP contribution in [0, 0.1) is 18.2 Å². The van der Waals surface area contributed by atoms with Crippen molar-refractivity contribution in [3.05, 3.63) is 35.1 Å². The van der Waals surface area contributed by atoms with Gasteiger partial charge in [-0.15, -0.1) is 6.42 Å². The van der Waals surface area contributed by atoms with Gasteiger partial charge in [0.15, 0.2) is 0 Å². The second-order valence-corrected chi connectivity index (χ2v) is 2.85. The summed E-state index contributed by atoms with van der Waals surface area (Å²) < 4.78 is 17.9. The molecule has 0 bridgehead atoms. The molecule has 0 fully saturated rings. The van der Waals surface area contributed by atoms with Gasteiger partial charge in [0.25, 0.3) is 0 Å². The average molecular weight is 208 g/mol. The first-order valence-electron chi connectivity index (χ1n) is 4.17. The molecule has 0 spiro atoms. The van der Waals surface area contributed by atoms with E-state index in [4.69, 9.17) is 16.3 Å². The Morgan fingerprint density at radius 3 is 2.87 bits per heavy atom. The van der Waals surface area contributed by atoms with Crippen LogP contribution in [-0.4, -0.2) is 17.7 Å². The van der Waals surface area contributed by atoms with Crippen molar-refractivity contribution in [2.75, 3.05) is 6.61 Å². The summed E-state index contributed by atoms with van der Waals surface area (Å²) in [4.78, 5) is 10.6. The number of carbonyl (C=O) groups is 1. The van der Waals surface area contributed by atoms with Crippen molar-refractivity contribution in [2.24, 2.45) is 0 Å². The summed E-state index contributed by atoms with van der Waals surface area (Å²) in [6.45, 7) is 0.209. The summed E-state index contributed by atoms with van der Waals surface area (Å²) in [5.74, 6) is 0.482. The standard InChI is InChI=1S/C11H9FO3/c1-2-3-15-7-8-4-9(11(13)14)6-10(12)5-8/h1,4-6H,3,7H2,(H,13,14). The van der Waals surface area contributed by atoms with Crippen LogP contribution in [0.2, 0.25) is 0 Å². The van der Waals surface area contributed by atoms with Crippen molar-refractivity contribution in [1.82, 2.24) is 0 Å². The summed E-state index contributed by atoms with van der Waals surface area (Å²) in [5.41, 5.74) is 0.344. The molecular weight excluding hydrogens is 199 g/mol. The SMILES string of the molecule is C#CCOCc1cc(F)cc(C(=O)O)c1. The predicted molar refractivity (Wildman–Crippen MR) is 51.8 cm³/mol. The Kier molecular flexibility index (Phi) is 3.83. The summed E-state index contributed by atoms with van der Waals surface area (Å²) in [6.07, 6.45) is 4.96. The average Bonchev–Trinajstić information content (AvgIpc) is 2.17. The number of carboxylic acid groups (broad SMARTS) is 1. The van der Waals surface area contributed by atoms with E-state index in [0.717, 1.165) is 6.07 Å². The van der Waals surface area contributed by atoms with Gasteiger partial charge in [0, 0.05) is 0 Å². The Bertz CT molecular complexity index is 407. The molecule has 0 saturated heterocycles. The van der Waals surface area contributed by atoms with Crippen molar-refractivity contribution in [3.63, 3.8) is 0 Å². The maximum absolute atomic E-state index is 12.9. The smallest absolute Gasteiger partial charge is 0.335 e. The minimum atomic E-state index is -1.17. The number of hydrogen-bond acceptors (Lipinski definition) is 2. The Hall–Kier alpha value is -1.86. The lowest BCUT2D eigenvalue weighted by Gasteiger charge is -2.03. The van der Waals surface area contributed by atoms with E-state index in [0.29, 0.717) is 5.56 Å². The summed E-state index contributed by atoms with van der Waals surface area (Å²) >= 11 is 0. The van der Waals surface area contributed by atoms with E-state index in [1.54, 1.807) is 0 Å². The van der Waals surface area contributed by atoms with Crippen LogP contribution in [0.4, 0.5) is 4.39 Å². The number of hydrogen-bond donors (Lipinski definition) is 1. The highest BCUT2D eigenvalue weighted by molar-refractivity contribution is 5.87. The molecule has 0 heterocycles. The number of carboxylic acids is 1. The molecule has 0 unspecified atom stereocenters. The highest BCUT2D eigenvalue weighted by Crippen LogP contribution is 2.10. The van der Waals surface area contributed by atoms with Gasteiger partial charge in [0.05, 0.1) is 12.2 Å². The summed E-state index contributed by atoms with van der Waals surface area (Å²) in [5, 5.41) is 8.67. The van der Waals surface area contributed by atoms with E-state index >= 15 is 0 Å². The lowest BCUT2D eigenvalue weighted by molar-refractivity contribution is 0.0696. The summed E-state index contributed by atoms with van der Waals surface area (Å²) in [7, 11) is 0. The molecule has 1 N–H and O–H groups in total. The van der Waals surface area contributed by atoms with Crippen molar-refractivity contribution < 1.29 is 19.0 Å². The van der Waals surface area contributed by atoms with Crippen LogP contribution in [-0.2, 0) is 11.3 Å². The second kappa shape index (κ2) is 5.13. The maximum Gasteiger partial charge on any atom is 0.335 e. The third-order valence-corrected chi connectivity index (χ3v) is 1.66. The number of benzene rings is 1. The Morgan fingerprint density at radius 2 is 2.27 bits per heavy atom. The van der Waals surface area contributed by atoms with E-state index in [1.807, 2.05) is 0 Å². The maximum atomic E-state index is 12.9. The van der Waals surface area contributed by atoms with E-state index in [2.05, 4.69) is 5.92 Å².